The normalized spacial score (nSPS) is 41.8. The third kappa shape index (κ3) is 2.31. The van der Waals surface area contributed by atoms with Crippen LogP contribution in [0.3, 0.4) is 0 Å². The lowest BCUT2D eigenvalue weighted by molar-refractivity contribution is 0.333. The van der Waals surface area contributed by atoms with Crippen LogP contribution in [0, 0.1) is 11.3 Å². The molecule has 2 aliphatic rings. The number of hydrogen-bond donors (Lipinski definition) is 1. The molecule has 2 rings (SSSR count). The van der Waals surface area contributed by atoms with Crippen molar-refractivity contribution < 1.29 is 0 Å². The number of hydrogen-bond acceptors (Lipinski definition) is 1. The second-order valence-corrected chi connectivity index (χ2v) is 6.29. The molecule has 2 saturated carbocycles. The van der Waals surface area contributed by atoms with Gasteiger partial charge in [0.05, 0.1) is 0 Å². The monoisotopic (exact) mass is 195 g/mol. The molecule has 0 amide bonds. The Bertz CT molecular complexity index is 197. The summed E-state index contributed by atoms with van der Waals surface area (Å²) in [6.45, 7) is 7.23. The molecule has 0 bridgehead atoms. The first kappa shape index (κ1) is 10.5. The zero-order valence-corrected chi connectivity index (χ0v) is 9.97. The van der Waals surface area contributed by atoms with Gasteiger partial charge in [-0.3, -0.25) is 0 Å². The van der Waals surface area contributed by atoms with Crippen molar-refractivity contribution in [3.8, 4) is 0 Å². The number of nitrogens with one attached hydrogen (secondary N) is 1. The topological polar surface area (TPSA) is 12.0 Å². The van der Waals surface area contributed by atoms with Crippen LogP contribution in [0.2, 0.25) is 0 Å². The molecule has 0 spiro atoms. The molecule has 14 heavy (non-hydrogen) atoms. The van der Waals surface area contributed by atoms with Crippen LogP contribution in [-0.2, 0) is 0 Å². The van der Waals surface area contributed by atoms with E-state index in [2.05, 4.69) is 26.1 Å². The van der Waals surface area contributed by atoms with Crippen LogP contribution in [-0.4, -0.2) is 12.1 Å². The maximum atomic E-state index is 3.88. The Balaban J connectivity index is 1.81. The smallest absolute Gasteiger partial charge is 0.00952 e. The van der Waals surface area contributed by atoms with Crippen LogP contribution < -0.4 is 5.32 Å². The minimum absolute atomic E-state index is 0.597. The lowest BCUT2D eigenvalue weighted by Crippen LogP contribution is -2.38. The summed E-state index contributed by atoms with van der Waals surface area (Å²) in [5, 5.41) is 3.88. The molecule has 2 fully saturated rings. The summed E-state index contributed by atoms with van der Waals surface area (Å²) in [5.74, 6) is 0.915. The summed E-state index contributed by atoms with van der Waals surface area (Å²) in [6, 6.07) is 1.64. The predicted octanol–water partition coefficient (Wildman–Crippen LogP) is 3.34. The first-order valence-corrected chi connectivity index (χ1v) is 6.33. The van der Waals surface area contributed by atoms with Gasteiger partial charge in [-0.1, -0.05) is 27.2 Å². The molecule has 0 saturated heterocycles. The highest BCUT2D eigenvalue weighted by atomic mass is 15.0. The lowest BCUT2D eigenvalue weighted by Gasteiger charge is -2.24. The van der Waals surface area contributed by atoms with E-state index in [9.17, 15) is 0 Å². The molecule has 0 aromatic heterocycles. The fraction of sp³-hybridized carbons (Fsp3) is 1.00. The van der Waals surface area contributed by atoms with E-state index in [1.54, 1.807) is 0 Å². The second-order valence-electron chi connectivity index (χ2n) is 6.29. The Labute approximate surface area is 88.7 Å². The van der Waals surface area contributed by atoms with E-state index in [1.165, 1.54) is 38.5 Å². The van der Waals surface area contributed by atoms with Crippen molar-refractivity contribution in [2.45, 2.75) is 71.4 Å². The summed E-state index contributed by atoms with van der Waals surface area (Å²) in [6.07, 6.45) is 8.49. The standard InChI is InChI=1S/C13H25N/c1-10-5-4-6-12(10)14-11-7-8-13(2,3)9-11/h10-12,14H,4-9H2,1-3H3. The molecule has 0 heterocycles. The molecule has 0 radical (unpaired) electrons. The Kier molecular flexibility index (Phi) is 2.88. The van der Waals surface area contributed by atoms with Crippen molar-refractivity contribution in [3.63, 3.8) is 0 Å². The SMILES string of the molecule is CC1CCCC1NC1CCC(C)(C)C1. The second kappa shape index (κ2) is 3.84. The van der Waals surface area contributed by atoms with Gasteiger partial charge in [0.1, 0.15) is 0 Å². The Hall–Kier alpha value is -0.0400. The van der Waals surface area contributed by atoms with E-state index in [-0.39, 0.29) is 0 Å². The van der Waals surface area contributed by atoms with Gasteiger partial charge in [0.25, 0.3) is 0 Å². The molecular weight excluding hydrogens is 170 g/mol. The van der Waals surface area contributed by atoms with Crippen molar-refractivity contribution in [3.05, 3.63) is 0 Å². The Morgan fingerprint density at radius 3 is 2.43 bits per heavy atom. The van der Waals surface area contributed by atoms with E-state index >= 15 is 0 Å². The summed E-state index contributed by atoms with van der Waals surface area (Å²) in [5.41, 5.74) is 0.597. The minimum atomic E-state index is 0.597. The van der Waals surface area contributed by atoms with Crippen molar-refractivity contribution in [2.75, 3.05) is 0 Å². The van der Waals surface area contributed by atoms with E-state index in [4.69, 9.17) is 0 Å². The van der Waals surface area contributed by atoms with Crippen LogP contribution in [0.5, 0.6) is 0 Å². The maximum Gasteiger partial charge on any atom is 0.00952 e. The fourth-order valence-electron chi connectivity index (χ4n) is 3.27. The zero-order valence-electron chi connectivity index (χ0n) is 9.97. The van der Waals surface area contributed by atoms with Crippen LogP contribution in [0.1, 0.15) is 59.3 Å². The first-order chi connectivity index (χ1) is 6.57. The predicted molar refractivity (Wildman–Crippen MR) is 61.4 cm³/mol. The fourth-order valence-corrected chi connectivity index (χ4v) is 3.27. The van der Waals surface area contributed by atoms with Gasteiger partial charge in [0.15, 0.2) is 0 Å². The highest BCUT2D eigenvalue weighted by molar-refractivity contribution is 4.90. The van der Waals surface area contributed by atoms with E-state index in [1.807, 2.05) is 0 Å². The van der Waals surface area contributed by atoms with E-state index < -0.39 is 0 Å². The molecule has 0 aliphatic heterocycles. The van der Waals surface area contributed by atoms with Gasteiger partial charge >= 0.3 is 0 Å². The van der Waals surface area contributed by atoms with Gasteiger partial charge < -0.3 is 5.32 Å². The molecule has 82 valence electrons. The van der Waals surface area contributed by atoms with Gasteiger partial charge in [-0.05, 0) is 43.4 Å². The molecular formula is C13H25N. The third-order valence-electron chi connectivity index (χ3n) is 4.28. The number of rotatable bonds is 2. The molecule has 1 nitrogen and oxygen atoms in total. The highest BCUT2D eigenvalue weighted by Crippen LogP contribution is 2.38. The summed E-state index contributed by atoms with van der Waals surface area (Å²) in [7, 11) is 0. The van der Waals surface area contributed by atoms with Gasteiger partial charge in [-0.2, -0.15) is 0 Å². The zero-order chi connectivity index (χ0) is 10.2. The van der Waals surface area contributed by atoms with Crippen LogP contribution in [0.4, 0.5) is 0 Å². The van der Waals surface area contributed by atoms with Gasteiger partial charge in [0.2, 0.25) is 0 Å². The quantitative estimate of drug-likeness (QED) is 0.712. The van der Waals surface area contributed by atoms with E-state index in [0.29, 0.717) is 5.41 Å². The first-order valence-electron chi connectivity index (χ1n) is 6.33. The average molecular weight is 195 g/mol. The van der Waals surface area contributed by atoms with Gasteiger partial charge in [-0.15, -0.1) is 0 Å². The molecule has 0 aromatic rings. The van der Waals surface area contributed by atoms with Gasteiger partial charge in [-0.25, -0.2) is 0 Å². The van der Waals surface area contributed by atoms with Crippen molar-refractivity contribution >= 4 is 0 Å². The molecule has 0 aromatic carbocycles. The van der Waals surface area contributed by atoms with Crippen molar-refractivity contribution in [1.82, 2.24) is 5.32 Å². The third-order valence-corrected chi connectivity index (χ3v) is 4.28. The summed E-state index contributed by atoms with van der Waals surface area (Å²) in [4.78, 5) is 0. The summed E-state index contributed by atoms with van der Waals surface area (Å²) >= 11 is 0. The molecule has 3 unspecified atom stereocenters. The highest BCUT2D eigenvalue weighted by Gasteiger charge is 2.33. The van der Waals surface area contributed by atoms with Crippen LogP contribution in [0.15, 0.2) is 0 Å². The maximum absolute atomic E-state index is 3.88. The summed E-state index contributed by atoms with van der Waals surface area (Å²) < 4.78 is 0. The van der Waals surface area contributed by atoms with Crippen molar-refractivity contribution in [2.24, 2.45) is 11.3 Å². The largest absolute Gasteiger partial charge is 0.311 e. The Morgan fingerprint density at radius 1 is 1.14 bits per heavy atom. The van der Waals surface area contributed by atoms with Gasteiger partial charge in [0, 0.05) is 12.1 Å². The minimum Gasteiger partial charge on any atom is -0.311 e. The van der Waals surface area contributed by atoms with Crippen LogP contribution >= 0.6 is 0 Å². The molecule has 3 atom stereocenters. The van der Waals surface area contributed by atoms with Crippen LogP contribution in [0.25, 0.3) is 0 Å². The lowest BCUT2D eigenvalue weighted by atomic mass is 9.91. The Morgan fingerprint density at radius 2 is 1.93 bits per heavy atom. The molecule has 2 aliphatic carbocycles. The van der Waals surface area contributed by atoms with Crippen molar-refractivity contribution in [1.29, 1.82) is 0 Å². The molecule has 1 heteroatoms. The molecule has 1 N–H and O–H groups in total. The van der Waals surface area contributed by atoms with E-state index in [0.717, 1.165) is 18.0 Å². The average Bonchev–Trinajstić information content (AvgIpc) is 2.61.